The Morgan fingerprint density at radius 3 is 2.36 bits per heavy atom. The summed E-state index contributed by atoms with van der Waals surface area (Å²) in [7, 11) is 0. The van der Waals surface area contributed by atoms with Crippen LogP contribution in [-0.4, -0.2) is 34.3 Å². The van der Waals surface area contributed by atoms with E-state index in [9.17, 15) is 0 Å². The summed E-state index contributed by atoms with van der Waals surface area (Å²) in [5.74, 6) is 5.75. The van der Waals surface area contributed by atoms with Crippen molar-refractivity contribution in [1.82, 2.24) is 8.12 Å². The molecular weight excluding hydrogens is 253 g/mol. The summed E-state index contributed by atoms with van der Waals surface area (Å²) < 4.78 is 2.39. The van der Waals surface area contributed by atoms with E-state index in [0.29, 0.717) is 5.41 Å². The zero-order valence-electron chi connectivity index (χ0n) is 6.59. The molecule has 64 valence electrons. The van der Waals surface area contributed by atoms with E-state index < -0.39 is 0 Å². The maximum absolute atomic E-state index is 5.75. The molecule has 0 bridgehead atoms. The molecule has 0 aliphatic carbocycles. The Hall–Kier alpha value is 0.610. The summed E-state index contributed by atoms with van der Waals surface area (Å²) in [6.45, 7) is 4.67. The quantitative estimate of drug-likeness (QED) is 0.396. The predicted octanol–water partition coefficient (Wildman–Crippen LogP) is 0.608. The summed E-state index contributed by atoms with van der Waals surface area (Å²) in [6.07, 6.45) is 2.63. The normalized spacial score (nSPS) is 40.9. The van der Waals surface area contributed by atoms with Crippen LogP contribution in [0.3, 0.4) is 0 Å². The van der Waals surface area contributed by atoms with E-state index in [4.69, 9.17) is 5.84 Å². The van der Waals surface area contributed by atoms with Gasteiger partial charge in [-0.1, -0.05) is 0 Å². The smallest absolute Gasteiger partial charge is 0.0201 e. The first-order valence-corrected chi connectivity index (χ1v) is 5.07. The van der Waals surface area contributed by atoms with Gasteiger partial charge in [-0.2, -0.15) is 0 Å². The van der Waals surface area contributed by atoms with Gasteiger partial charge in [-0.15, -0.1) is 0 Å². The second kappa shape index (κ2) is 2.83. The molecule has 2 aliphatic rings. The maximum Gasteiger partial charge on any atom is 0.0201 e. The highest BCUT2D eigenvalue weighted by Gasteiger charge is 2.41. The Morgan fingerprint density at radius 1 is 1.18 bits per heavy atom. The first-order chi connectivity index (χ1) is 5.20. The minimum absolute atomic E-state index is 0.552. The molecule has 0 radical (unpaired) electrons. The molecule has 2 saturated heterocycles. The minimum Gasteiger partial charge on any atom is -0.269 e. The molecule has 0 aromatic carbocycles. The molecule has 0 saturated carbocycles. The third kappa shape index (κ3) is 1.54. The number of hydrazine groups is 1. The fourth-order valence-corrected chi connectivity index (χ4v) is 3.15. The van der Waals surface area contributed by atoms with Crippen LogP contribution in [0.2, 0.25) is 0 Å². The molecule has 2 aliphatic heterocycles. The number of rotatable bonds is 0. The zero-order chi connectivity index (χ0) is 7.90. The molecule has 2 N–H and O–H groups in total. The summed E-state index contributed by atoms with van der Waals surface area (Å²) in [5, 5.41) is 1.97. The van der Waals surface area contributed by atoms with Gasteiger partial charge in [0.15, 0.2) is 0 Å². The zero-order valence-corrected chi connectivity index (χ0v) is 8.75. The average molecular weight is 267 g/mol. The van der Waals surface area contributed by atoms with Crippen LogP contribution >= 0.6 is 22.9 Å². The lowest BCUT2D eigenvalue weighted by Gasteiger charge is -2.21. The van der Waals surface area contributed by atoms with E-state index in [0.717, 1.165) is 13.1 Å². The topological polar surface area (TPSA) is 32.5 Å². The van der Waals surface area contributed by atoms with Crippen molar-refractivity contribution in [2.75, 3.05) is 26.2 Å². The lowest BCUT2D eigenvalue weighted by Crippen LogP contribution is -2.32. The van der Waals surface area contributed by atoms with Crippen LogP contribution in [0.15, 0.2) is 0 Å². The average Bonchev–Trinajstić information content (AvgIpc) is 2.44. The number of hydrogen-bond acceptors (Lipinski definition) is 3. The Kier molecular flexibility index (Phi) is 2.11. The number of nitrogens with two attached hydrogens (primary N) is 1. The van der Waals surface area contributed by atoms with Crippen molar-refractivity contribution in [3.8, 4) is 0 Å². The highest BCUT2D eigenvalue weighted by molar-refractivity contribution is 14.1. The van der Waals surface area contributed by atoms with E-state index in [-0.39, 0.29) is 0 Å². The van der Waals surface area contributed by atoms with Crippen LogP contribution < -0.4 is 5.84 Å². The Bertz CT molecular complexity index is 144. The van der Waals surface area contributed by atoms with Gasteiger partial charge in [0.25, 0.3) is 0 Å². The molecule has 3 nitrogen and oxygen atoms in total. The number of halogens is 1. The van der Waals surface area contributed by atoms with Gasteiger partial charge in [0.05, 0.1) is 0 Å². The van der Waals surface area contributed by atoms with Gasteiger partial charge in [-0.25, -0.2) is 8.12 Å². The van der Waals surface area contributed by atoms with Crippen molar-refractivity contribution < 1.29 is 0 Å². The predicted molar refractivity (Wildman–Crippen MR) is 53.0 cm³/mol. The summed E-state index contributed by atoms with van der Waals surface area (Å²) in [4.78, 5) is 0. The first kappa shape index (κ1) is 8.22. The molecule has 0 aromatic heterocycles. The van der Waals surface area contributed by atoms with Crippen molar-refractivity contribution in [2.24, 2.45) is 11.3 Å². The van der Waals surface area contributed by atoms with Crippen LogP contribution in [0.5, 0.6) is 0 Å². The van der Waals surface area contributed by atoms with Crippen LogP contribution in [0.25, 0.3) is 0 Å². The van der Waals surface area contributed by atoms with Crippen LogP contribution in [0, 0.1) is 5.41 Å². The molecule has 1 unspecified atom stereocenters. The van der Waals surface area contributed by atoms with Gasteiger partial charge >= 0.3 is 0 Å². The van der Waals surface area contributed by atoms with Gasteiger partial charge in [0.1, 0.15) is 0 Å². The van der Waals surface area contributed by atoms with E-state index in [1.807, 2.05) is 5.01 Å². The molecular formula is C7H14IN3. The van der Waals surface area contributed by atoms with Crippen LogP contribution in [0.1, 0.15) is 12.8 Å². The molecule has 2 rings (SSSR count). The van der Waals surface area contributed by atoms with Gasteiger partial charge < -0.3 is 0 Å². The SMILES string of the molecule is NN1CCC2(CCN(I)C2)C1. The van der Waals surface area contributed by atoms with Crippen LogP contribution in [0.4, 0.5) is 0 Å². The summed E-state index contributed by atoms with van der Waals surface area (Å²) in [5.41, 5.74) is 0.552. The van der Waals surface area contributed by atoms with Crippen molar-refractivity contribution >= 4 is 22.9 Å². The fraction of sp³-hybridized carbons (Fsp3) is 1.00. The standard InChI is InChI=1S/C7H14IN3/c8-10-3-1-7(5-10)2-4-11(9)6-7/h1-6,9H2. The minimum atomic E-state index is 0.552. The van der Waals surface area contributed by atoms with Crippen molar-refractivity contribution in [3.05, 3.63) is 0 Å². The molecule has 11 heavy (non-hydrogen) atoms. The molecule has 4 heteroatoms. The lowest BCUT2D eigenvalue weighted by atomic mass is 9.87. The third-order valence-electron chi connectivity index (χ3n) is 2.86. The van der Waals surface area contributed by atoms with Crippen molar-refractivity contribution in [3.63, 3.8) is 0 Å². The lowest BCUT2D eigenvalue weighted by molar-refractivity contribution is 0.275. The third-order valence-corrected chi connectivity index (χ3v) is 3.68. The highest BCUT2D eigenvalue weighted by Crippen LogP contribution is 2.39. The maximum atomic E-state index is 5.75. The molecule has 1 atom stereocenters. The molecule has 1 spiro atoms. The van der Waals surface area contributed by atoms with Gasteiger partial charge in [0, 0.05) is 54.5 Å². The summed E-state index contributed by atoms with van der Waals surface area (Å²) in [6, 6.07) is 0. The fourth-order valence-electron chi connectivity index (χ4n) is 2.18. The monoisotopic (exact) mass is 267 g/mol. The van der Waals surface area contributed by atoms with E-state index in [2.05, 4.69) is 26.0 Å². The molecule has 0 aromatic rings. The van der Waals surface area contributed by atoms with Crippen molar-refractivity contribution in [2.45, 2.75) is 12.8 Å². The van der Waals surface area contributed by atoms with E-state index >= 15 is 0 Å². The van der Waals surface area contributed by atoms with Gasteiger partial charge in [0.2, 0.25) is 0 Å². The molecule has 2 heterocycles. The molecule has 2 fully saturated rings. The molecule has 0 amide bonds. The van der Waals surface area contributed by atoms with Crippen LogP contribution in [-0.2, 0) is 0 Å². The Balaban J connectivity index is 2.02. The first-order valence-electron chi connectivity index (χ1n) is 4.11. The number of hydrogen-bond donors (Lipinski definition) is 1. The van der Waals surface area contributed by atoms with Crippen molar-refractivity contribution in [1.29, 1.82) is 0 Å². The Labute approximate surface area is 81.4 Å². The largest absolute Gasteiger partial charge is 0.269 e. The van der Waals surface area contributed by atoms with Gasteiger partial charge in [-0.05, 0) is 12.8 Å². The van der Waals surface area contributed by atoms with Gasteiger partial charge in [-0.3, -0.25) is 5.84 Å². The van der Waals surface area contributed by atoms with E-state index in [1.54, 1.807) is 0 Å². The number of nitrogens with zero attached hydrogens (tertiary/aromatic N) is 2. The Morgan fingerprint density at radius 2 is 1.91 bits per heavy atom. The second-order valence-electron chi connectivity index (χ2n) is 3.81. The highest BCUT2D eigenvalue weighted by atomic mass is 127. The van der Waals surface area contributed by atoms with E-state index in [1.165, 1.54) is 25.9 Å². The second-order valence-corrected chi connectivity index (χ2v) is 5.18. The summed E-state index contributed by atoms with van der Waals surface area (Å²) >= 11 is 2.41.